The number of nitrogens with one attached hydrogen (secondary N) is 1. The molecule has 1 aliphatic rings. The molecule has 9 heteroatoms. The Morgan fingerprint density at radius 1 is 1.19 bits per heavy atom. The molecule has 8 nitrogen and oxygen atoms in total. The third kappa shape index (κ3) is 4.62. The summed E-state index contributed by atoms with van der Waals surface area (Å²) in [6, 6.07) is 11.5. The minimum absolute atomic E-state index is 0.0732. The number of benzene rings is 1. The van der Waals surface area contributed by atoms with E-state index in [-0.39, 0.29) is 17.5 Å². The summed E-state index contributed by atoms with van der Waals surface area (Å²) in [5.41, 5.74) is 1.77. The number of thiophene rings is 1. The lowest BCUT2D eigenvalue weighted by molar-refractivity contribution is -0.117. The molecule has 4 rings (SSSR count). The van der Waals surface area contributed by atoms with Crippen molar-refractivity contribution in [3.63, 3.8) is 0 Å². The molecule has 2 aromatic heterocycles. The van der Waals surface area contributed by atoms with Crippen LogP contribution in [0.4, 0.5) is 10.7 Å². The number of hydrogen-bond acceptors (Lipinski definition) is 7. The number of carbonyl (C=O) groups is 4. The van der Waals surface area contributed by atoms with Crippen molar-refractivity contribution in [3.05, 3.63) is 70.5 Å². The molecule has 0 aliphatic carbocycles. The second-order valence-electron chi connectivity index (χ2n) is 7.25. The van der Waals surface area contributed by atoms with Gasteiger partial charge in [0.2, 0.25) is 5.91 Å². The lowest BCUT2D eigenvalue weighted by Gasteiger charge is -2.15. The molecule has 164 valence electrons. The molecule has 0 spiro atoms. The average molecular weight is 452 g/mol. The van der Waals surface area contributed by atoms with Gasteiger partial charge in [-0.2, -0.15) is 0 Å². The SMILES string of the molecule is Cc1cc(NC(=O)c2ccco2)sc1C(=O)OCC(=O)c1ccc(N2CCCC2=O)cc1. The molecule has 0 radical (unpaired) electrons. The maximum absolute atomic E-state index is 12.5. The van der Waals surface area contributed by atoms with Gasteiger partial charge in [-0.25, -0.2) is 4.79 Å². The van der Waals surface area contributed by atoms with Gasteiger partial charge >= 0.3 is 5.97 Å². The zero-order valence-electron chi connectivity index (χ0n) is 17.3. The minimum Gasteiger partial charge on any atom is -0.459 e. The number of furan rings is 1. The number of ketones is 1. The number of Topliss-reactive ketones (excluding diaryl/α,β-unsaturated/α-hetero) is 1. The highest BCUT2D eigenvalue weighted by Crippen LogP contribution is 2.28. The van der Waals surface area contributed by atoms with E-state index < -0.39 is 18.5 Å². The minimum atomic E-state index is -0.640. The smallest absolute Gasteiger partial charge is 0.349 e. The van der Waals surface area contributed by atoms with Gasteiger partial charge in [-0.1, -0.05) is 0 Å². The number of rotatable bonds is 7. The molecule has 0 bridgehead atoms. The Morgan fingerprint density at radius 3 is 2.62 bits per heavy atom. The Bertz CT molecular complexity index is 1160. The molecular weight excluding hydrogens is 432 g/mol. The Balaban J connectivity index is 1.34. The first-order valence-corrected chi connectivity index (χ1v) is 10.8. The van der Waals surface area contributed by atoms with Crippen molar-refractivity contribution in [3.8, 4) is 0 Å². The van der Waals surface area contributed by atoms with Crippen molar-refractivity contribution in [1.82, 2.24) is 0 Å². The number of esters is 1. The van der Waals surface area contributed by atoms with Crippen LogP contribution in [0.3, 0.4) is 0 Å². The van der Waals surface area contributed by atoms with Crippen LogP contribution >= 0.6 is 11.3 Å². The lowest BCUT2D eigenvalue weighted by Crippen LogP contribution is -2.23. The molecule has 1 aromatic carbocycles. The van der Waals surface area contributed by atoms with Crippen LogP contribution in [0.15, 0.2) is 53.1 Å². The van der Waals surface area contributed by atoms with E-state index in [0.717, 1.165) is 23.4 Å². The summed E-state index contributed by atoms with van der Waals surface area (Å²) in [7, 11) is 0. The molecule has 0 atom stereocenters. The van der Waals surface area contributed by atoms with E-state index in [0.29, 0.717) is 34.0 Å². The number of carbonyl (C=O) groups excluding carboxylic acids is 4. The molecule has 1 fully saturated rings. The van der Waals surface area contributed by atoms with Crippen molar-refractivity contribution in [2.75, 3.05) is 23.4 Å². The number of amides is 2. The van der Waals surface area contributed by atoms with Crippen LogP contribution in [0.25, 0.3) is 0 Å². The summed E-state index contributed by atoms with van der Waals surface area (Å²) in [6.45, 7) is 1.98. The van der Waals surface area contributed by atoms with Crippen LogP contribution in [-0.4, -0.2) is 36.7 Å². The van der Waals surface area contributed by atoms with Gasteiger partial charge in [-0.05, 0) is 61.4 Å². The van der Waals surface area contributed by atoms with Crippen molar-refractivity contribution < 1.29 is 28.3 Å². The quantitative estimate of drug-likeness (QED) is 0.428. The highest BCUT2D eigenvalue weighted by atomic mass is 32.1. The van der Waals surface area contributed by atoms with E-state index in [2.05, 4.69) is 5.32 Å². The predicted molar refractivity (Wildman–Crippen MR) is 118 cm³/mol. The summed E-state index contributed by atoms with van der Waals surface area (Å²) in [6.07, 6.45) is 2.76. The molecular formula is C23H20N2O6S. The maximum Gasteiger partial charge on any atom is 0.349 e. The number of aryl methyl sites for hydroxylation is 1. The molecule has 0 saturated carbocycles. The second kappa shape index (κ2) is 9.19. The predicted octanol–water partition coefficient (Wildman–Crippen LogP) is 4.07. The fourth-order valence-corrected chi connectivity index (χ4v) is 4.32. The van der Waals surface area contributed by atoms with Gasteiger partial charge in [-0.3, -0.25) is 14.4 Å². The number of anilines is 2. The largest absolute Gasteiger partial charge is 0.459 e. The molecule has 1 aliphatic heterocycles. The van der Waals surface area contributed by atoms with Crippen molar-refractivity contribution in [2.24, 2.45) is 0 Å². The summed E-state index contributed by atoms with van der Waals surface area (Å²) in [5.74, 6) is -1.18. The molecule has 3 aromatic rings. The third-order valence-electron chi connectivity index (χ3n) is 4.99. The zero-order valence-corrected chi connectivity index (χ0v) is 18.1. The van der Waals surface area contributed by atoms with Gasteiger partial charge in [0.05, 0.1) is 11.3 Å². The summed E-state index contributed by atoms with van der Waals surface area (Å²) in [5, 5.41) is 3.13. The number of ether oxygens (including phenoxy) is 1. The Hall–Kier alpha value is -3.72. The van der Waals surface area contributed by atoms with Crippen molar-refractivity contribution >= 4 is 45.6 Å². The van der Waals surface area contributed by atoms with Gasteiger partial charge < -0.3 is 19.4 Å². The monoisotopic (exact) mass is 452 g/mol. The van der Waals surface area contributed by atoms with Crippen LogP contribution in [0.2, 0.25) is 0 Å². The van der Waals surface area contributed by atoms with Crippen molar-refractivity contribution in [1.29, 1.82) is 0 Å². The van der Waals surface area contributed by atoms with Crippen molar-refractivity contribution in [2.45, 2.75) is 19.8 Å². The maximum atomic E-state index is 12.5. The van der Waals surface area contributed by atoms with E-state index in [1.807, 2.05) is 0 Å². The summed E-state index contributed by atoms with van der Waals surface area (Å²) >= 11 is 1.06. The van der Waals surface area contributed by atoms with E-state index >= 15 is 0 Å². The zero-order chi connectivity index (χ0) is 22.7. The van der Waals surface area contributed by atoms with Gasteiger partial charge in [0.1, 0.15) is 4.88 Å². The topological polar surface area (TPSA) is 106 Å². The highest BCUT2D eigenvalue weighted by molar-refractivity contribution is 7.18. The summed E-state index contributed by atoms with van der Waals surface area (Å²) < 4.78 is 10.2. The first kappa shape index (κ1) is 21.5. The number of nitrogens with zero attached hydrogens (tertiary/aromatic N) is 1. The Morgan fingerprint density at radius 2 is 1.97 bits per heavy atom. The van der Waals surface area contributed by atoms with Crippen LogP contribution in [0.5, 0.6) is 0 Å². The van der Waals surface area contributed by atoms with E-state index in [1.165, 1.54) is 12.3 Å². The van der Waals surface area contributed by atoms with Gasteiger partial charge in [0.15, 0.2) is 18.2 Å². The van der Waals surface area contributed by atoms with Crippen LogP contribution in [-0.2, 0) is 9.53 Å². The fourth-order valence-electron chi connectivity index (χ4n) is 3.36. The Labute approximate surface area is 187 Å². The molecule has 3 heterocycles. The Kier molecular flexibility index (Phi) is 6.18. The number of hydrogen-bond donors (Lipinski definition) is 1. The second-order valence-corrected chi connectivity index (χ2v) is 8.30. The van der Waals surface area contributed by atoms with E-state index in [4.69, 9.17) is 9.15 Å². The highest BCUT2D eigenvalue weighted by Gasteiger charge is 2.22. The molecule has 2 amide bonds. The van der Waals surface area contributed by atoms with E-state index in [1.54, 1.807) is 48.2 Å². The average Bonchev–Trinajstić information content (AvgIpc) is 3.53. The molecule has 1 saturated heterocycles. The van der Waals surface area contributed by atoms with Crippen LogP contribution in [0, 0.1) is 6.92 Å². The lowest BCUT2D eigenvalue weighted by atomic mass is 10.1. The first-order valence-electron chi connectivity index (χ1n) is 9.98. The normalized spacial score (nSPS) is 13.3. The van der Waals surface area contributed by atoms with Gasteiger partial charge in [-0.15, -0.1) is 11.3 Å². The first-order chi connectivity index (χ1) is 15.4. The third-order valence-corrected chi connectivity index (χ3v) is 6.13. The van der Waals surface area contributed by atoms with Gasteiger partial charge in [0.25, 0.3) is 5.91 Å². The van der Waals surface area contributed by atoms with Crippen LogP contribution < -0.4 is 10.2 Å². The molecule has 32 heavy (non-hydrogen) atoms. The van der Waals surface area contributed by atoms with Gasteiger partial charge in [0, 0.05) is 24.2 Å². The summed E-state index contributed by atoms with van der Waals surface area (Å²) in [4.78, 5) is 50.8. The van der Waals surface area contributed by atoms with E-state index in [9.17, 15) is 19.2 Å². The molecule has 0 unspecified atom stereocenters. The van der Waals surface area contributed by atoms with Crippen LogP contribution in [0.1, 0.15) is 49.0 Å². The molecule has 1 N–H and O–H groups in total. The standard InChI is InChI=1S/C23H20N2O6S/c1-14-12-19(24-22(28)18-4-3-11-30-18)32-21(14)23(29)31-13-17(26)15-6-8-16(9-7-15)25-10-2-5-20(25)27/h3-4,6-9,11-12H,2,5,10,13H2,1H3,(H,24,28). The fraction of sp³-hybridized carbons (Fsp3) is 0.217.